The second-order valence-electron chi connectivity index (χ2n) is 15.1. The van der Waals surface area contributed by atoms with Crippen molar-refractivity contribution in [2.24, 2.45) is 0 Å². The summed E-state index contributed by atoms with van der Waals surface area (Å²) in [7, 11) is 0. The first-order chi connectivity index (χ1) is 29.3. The zero-order valence-corrected chi connectivity index (χ0v) is 31.9. The molecule has 0 aliphatic carbocycles. The topological polar surface area (TPSA) is 43.6 Å². The third kappa shape index (κ3) is 5.27. The zero-order valence-electron chi connectivity index (χ0n) is 31.9. The first-order valence-corrected chi connectivity index (χ1v) is 20.0. The van der Waals surface area contributed by atoms with Crippen molar-refractivity contribution in [2.45, 2.75) is 0 Å². The SMILES string of the molecule is c1ccc(-c2nc(-c3cccc(-n4c5ccccc5c5ccccc54)c3)nc(-c3ccccc3-c3cc4c5ccccc5c5ccccc5c4c4ccccc34)n2)cc1. The van der Waals surface area contributed by atoms with Crippen molar-refractivity contribution in [1.29, 1.82) is 0 Å². The Balaban J connectivity index is 1.10. The maximum Gasteiger partial charge on any atom is 0.164 e. The van der Waals surface area contributed by atoms with Crippen molar-refractivity contribution >= 4 is 64.9 Å². The molecule has 0 saturated heterocycles. The summed E-state index contributed by atoms with van der Waals surface area (Å²) in [6.45, 7) is 0. The van der Waals surface area contributed by atoms with Crippen LogP contribution in [0.1, 0.15) is 0 Å². The summed E-state index contributed by atoms with van der Waals surface area (Å²) in [5, 5.41) is 12.4. The Labute approximate surface area is 340 Å². The molecule has 4 heteroatoms. The molecular formula is C55H34N4. The van der Waals surface area contributed by atoms with Crippen LogP contribution in [0.15, 0.2) is 206 Å². The number of aromatic nitrogens is 4. The normalized spacial score (nSPS) is 11.7. The van der Waals surface area contributed by atoms with Crippen LogP contribution in [0.5, 0.6) is 0 Å². The number of para-hydroxylation sites is 2. The van der Waals surface area contributed by atoms with Crippen LogP contribution in [0.2, 0.25) is 0 Å². The van der Waals surface area contributed by atoms with Crippen LogP contribution < -0.4 is 0 Å². The molecule has 0 aliphatic rings. The lowest BCUT2D eigenvalue weighted by molar-refractivity contribution is 1.07. The molecule has 0 amide bonds. The average Bonchev–Trinajstić information content (AvgIpc) is 3.66. The molecule has 0 aliphatic heterocycles. The van der Waals surface area contributed by atoms with Gasteiger partial charge in [-0.3, -0.25) is 0 Å². The number of hydrogen-bond donors (Lipinski definition) is 0. The van der Waals surface area contributed by atoms with Crippen LogP contribution in [0, 0.1) is 0 Å². The molecule has 0 radical (unpaired) electrons. The maximum absolute atomic E-state index is 5.33. The molecule has 0 unspecified atom stereocenters. The predicted molar refractivity (Wildman–Crippen MR) is 246 cm³/mol. The Hall–Kier alpha value is -7.95. The number of hydrogen-bond acceptors (Lipinski definition) is 3. The molecular weight excluding hydrogens is 717 g/mol. The van der Waals surface area contributed by atoms with Gasteiger partial charge in [0.2, 0.25) is 0 Å². The molecule has 12 rings (SSSR count). The molecule has 0 saturated carbocycles. The molecule has 0 N–H and O–H groups in total. The Kier molecular flexibility index (Phi) is 7.50. The van der Waals surface area contributed by atoms with Gasteiger partial charge in [0.1, 0.15) is 0 Å². The minimum atomic E-state index is 0.618. The van der Waals surface area contributed by atoms with Crippen molar-refractivity contribution in [3.8, 4) is 51.0 Å². The van der Waals surface area contributed by atoms with Crippen molar-refractivity contribution in [1.82, 2.24) is 19.5 Å². The van der Waals surface area contributed by atoms with Gasteiger partial charge in [-0.25, -0.2) is 15.0 Å². The van der Waals surface area contributed by atoms with Gasteiger partial charge < -0.3 is 4.57 Å². The lowest BCUT2D eigenvalue weighted by Crippen LogP contribution is -2.02. The van der Waals surface area contributed by atoms with E-state index >= 15 is 0 Å². The summed E-state index contributed by atoms with van der Waals surface area (Å²) in [5.74, 6) is 1.87. The summed E-state index contributed by atoms with van der Waals surface area (Å²) < 4.78 is 2.33. The van der Waals surface area contributed by atoms with Gasteiger partial charge >= 0.3 is 0 Å². The van der Waals surface area contributed by atoms with Crippen molar-refractivity contribution in [3.05, 3.63) is 206 Å². The Morgan fingerprint density at radius 3 is 1.41 bits per heavy atom. The largest absolute Gasteiger partial charge is 0.309 e. The quantitative estimate of drug-likeness (QED) is 0.165. The van der Waals surface area contributed by atoms with E-state index in [0.29, 0.717) is 17.5 Å². The van der Waals surface area contributed by atoms with Crippen molar-refractivity contribution in [2.75, 3.05) is 0 Å². The highest BCUT2D eigenvalue weighted by atomic mass is 15.0. The van der Waals surface area contributed by atoms with Gasteiger partial charge in [0.25, 0.3) is 0 Å². The Bertz CT molecular complexity index is 3570. The summed E-state index contributed by atoms with van der Waals surface area (Å²) in [4.78, 5) is 15.8. The van der Waals surface area contributed by atoms with Crippen LogP contribution in [0.3, 0.4) is 0 Å². The fraction of sp³-hybridized carbons (Fsp3) is 0. The molecule has 2 aromatic heterocycles. The third-order valence-corrected chi connectivity index (χ3v) is 11.8. The van der Waals surface area contributed by atoms with Gasteiger partial charge in [0, 0.05) is 33.2 Å². The van der Waals surface area contributed by atoms with E-state index in [9.17, 15) is 0 Å². The van der Waals surface area contributed by atoms with Crippen molar-refractivity contribution < 1.29 is 0 Å². The fourth-order valence-electron chi connectivity index (χ4n) is 9.23. The van der Waals surface area contributed by atoms with E-state index in [2.05, 4.69) is 193 Å². The van der Waals surface area contributed by atoms with Crippen LogP contribution in [0.25, 0.3) is 116 Å². The van der Waals surface area contributed by atoms with Gasteiger partial charge in [-0.15, -0.1) is 0 Å². The van der Waals surface area contributed by atoms with Gasteiger partial charge in [-0.05, 0) is 84.5 Å². The first-order valence-electron chi connectivity index (χ1n) is 20.0. The molecule has 0 atom stereocenters. The molecule has 0 fully saturated rings. The Morgan fingerprint density at radius 1 is 0.271 bits per heavy atom. The molecule has 0 bridgehead atoms. The van der Waals surface area contributed by atoms with Gasteiger partial charge in [0.15, 0.2) is 17.5 Å². The molecule has 274 valence electrons. The van der Waals surface area contributed by atoms with Gasteiger partial charge in [-0.2, -0.15) is 0 Å². The summed E-state index contributed by atoms with van der Waals surface area (Å²) in [5.41, 5.74) is 8.36. The first kappa shape index (κ1) is 33.2. The minimum Gasteiger partial charge on any atom is -0.309 e. The minimum absolute atomic E-state index is 0.618. The molecule has 59 heavy (non-hydrogen) atoms. The number of benzene rings is 10. The standard InChI is InChI=1S/C55H34N4/c1-2-17-35(18-3-1)53-56-54(36-19-16-20-37(33-36)59-50-31-14-12-26-43(50)44-27-13-15-32-51(44)59)58-55(57-53)47-30-11-8-25-42(47)48-34-49-40-23-5-4-21-38(40)39-22-6-9-28-45(39)52(49)46-29-10-7-24-41(46)48/h1-34H. The number of fused-ring (bicyclic) bond motifs is 11. The smallest absolute Gasteiger partial charge is 0.164 e. The van der Waals surface area contributed by atoms with E-state index in [4.69, 9.17) is 15.0 Å². The molecule has 12 aromatic rings. The van der Waals surface area contributed by atoms with E-state index in [1.54, 1.807) is 0 Å². The predicted octanol–water partition coefficient (Wildman–Crippen LogP) is 14.2. The molecule has 10 aromatic carbocycles. The second-order valence-corrected chi connectivity index (χ2v) is 15.1. The summed E-state index contributed by atoms with van der Waals surface area (Å²) in [6.07, 6.45) is 0. The zero-order chi connectivity index (χ0) is 38.9. The van der Waals surface area contributed by atoms with Crippen LogP contribution in [-0.2, 0) is 0 Å². The lowest BCUT2D eigenvalue weighted by Gasteiger charge is -2.18. The highest BCUT2D eigenvalue weighted by Gasteiger charge is 2.20. The molecule has 0 spiro atoms. The summed E-state index contributed by atoms with van der Waals surface area (Å²) in [6, 6.07) is 73.3. The highest BCUT2D eigenvalue weighted by Crippen LogP contribution is 2.44. The van der Waals surface area contributed by atoms with Crippen LogP contribution in [-0.4, -0.2) is 19.5 Å². The molecule has 2 heterocycles. The van der Waals surface area contributed by atoms with Crippen LogP contribution in [0.4, 0.5) is 0 Å². The number of nitrogens with zero attached hydrogens (tertiary/aromatic N) is 4. The van der Waals surface area contributed by atoms with Gasteiger partial charge in [-0.1, -0.05) is 176 Å². The van der Waals surface area contributed by atoms with Crippen LogP contribution >= 0.6 is 0 Å². The van der Waals surface area contributed by atoms with E-state index < -0.39 is 0 Å². The van der Waals surface area contributed by atoms with E-state index in [1.807, 2.05) is 18.2 Å². The highest BCUT2D eigenvalue weighted by molar-refractivity contribution is 6.33. The molecule has 4 nitrogen and oxygen atoms in total. The van der Waals surface area contributed by atoms with E-state index in [0.717, 1.165) is 44.5 Å². The lowest BCUT2D eigenvalue weighted by atomic mass is 9.86. The van der Waals surface area contributed by atoms with Gasteiger partial charge in [0.05, 0.1) is 11.0 Å². The third-order valence-electron chi connectivity index (χ3n) is 11.8. The van der Waals surface area contributed by atoms with E-state index in [-0.39, 0.29) is 0 Å². The number of rotatable bonds is 5. The fourth-order valence-corrected chi connectivity index (χ4v) is 9.23. The van der Waals surface area contributed by atoms with E-state index in [1.165, 1.54) is 53.9 Å². The maximum atomic E-state index is 5.33. The Morgan fingerprint density at radius 2 is 0.729 bits per heavy atom. The monoisotopic (exact) mass is 750 g/mol. The average molecular weight is 751 g/mol. The van der Waals surface area contributed by atoms with Crippen molar-refractivity contribution in [3.63, 3.8) is 0 Å². The second kappa shape index (κ2) is 13.3. The summed E-state index contributed by atoms with van der Waals surface area (Å²) >= 11 is 0.